The van der Waals surface area contributed by atoms with Gasteiger partial charge in [0, 0.05) is 57.2 Å². The van der Waals surface area contributed by atoms with Crippen LogP contribution in [0.1, 0.15) is 54.1 Å². The number of ether oxygens (including phenoxy) is 1. The Bertz CT molecular complexity index is 1290. The van der Waals surface area contributed by atoms with Crippen molar-refractivity contribution in [3.8, 4) is 22.6 Å². The maximum absolute atomic E-state index is 13.4. The van der Waals surface area contributed by atoms with E-state index in [0.29, 0.717) is 18.4 Å². The van der Waals surface area contributed by atoms with Crippen molar-refractivity contribution < 1.29 is 34.4 Å². The second-order valence-corrected chi connectivity index (χ2v) is 11.9. The fourth-order valence-corrected chi connectivity index (χ4v) is 6.60. The molecule has 9 nitrogen and oxygen atoms in total. The minimum absolute atomic E-state index is 0.0415. The molecule has 2 aromatic carbocycles. The molecule has 1 aliphatic heterocycles. The highest BCUT2D eigenvalue weighted by molar-refractivity contribution is 6.03. The van der Waals surface area contributed by atoms with E-state index < -0.39 is 12.5 Å². The van der Waals surface area contributed by atoms with E-state index in [0.717, 1.165) is 60.7 Å². The number of piperazine rings is 1. The Hall–Kier alpha value is -3.11. The van der Waals surface area contributed by atoms with Crippen LogP contribution in [0.5, 0.6) is 11.5 Å². The minimum atomic E-state index is -0.778. The van der Waals surface area contributed by atoms with Gasteiger partial charge in [-0.3, -0.25) is 19.3 Å². The number of carbonyl (C=O) groups excluding carboxylic acids is 3. The number of Topliss-reactive ketones (excluding diaryl/α,β-unsaturated/α-hetero) is 3. The molecule has 0 saturated carbocycles. The van der Waals surface area contributed by atoms with Gasteiger partial charge in [-0.1, -0.05) is 12.1 Å². The van der Waals surface area contributed by atoms with Gasteiger partial charge in [-0.25, -0.2) is 0 Å². The van der Waals surface area contributed by atoms with E-state index in [4.69, 9.17) is 4.74 Å². The summed E-state index contributed by atoms with van der Waals surface area (Å²) in [7, 11) is 3.79. The number of benzene rings is 2. The number of phenolic OH excluding ortho intramolecular Hbond substituents is 1. The summed E-state index contributed by atoms with van der Waals surface area (Å²) in [5.41, 5.74) is 3.96. The fourth-order valence-electron chi connectivity index (χ4n) is 6.60. The summed E-state index contributed by atoms with van der Waals surface area (Å²) in [6.45, 7) is 5.44. The van der Waals surface area contributed by atoms with Crippen LogP contribution in [0, 0.1) is 17.8 Å². The second kappa shape index (κ2) is 14.4. The summed E-state index contributed by atoms with van der Waals surface area (Å²) >= 11 is 0. The molecule has 3 atom stereocenters. The number of aliphatic hydroxyl groups excluding tert-OH is 2. The van der Waals surface area contributed by atoms with Crippen molar-refractivity contribution in [2.75, 3.05) is 53.6 Å². The van der Waals surface area contributed by atoms with E-state index in [1.807, 2.05) is 18.2 Å². The number of carbonyl (C=O) groups is 3. The summed E-state index contributed by atoms with van der Waals surface area (Å²) in [5.74, 6) is -1.31. The first-order chi connectivity index (χ1) is 20.1. The van der Waals surface area contributed by atoms with Crippen molar-refractivity contribution in [3.05, 3.63) is 47.0 Å². The number of methoxy groups -OCH3 is 1. The Kier molecular flexibility index (Phi) is 10.9. The molecular weight excluding hydrogens is 536 g/mol. The van der Waals surface area contributed by atoms with Crippen LogP contribution in [-0.2, 0) is 22.6 Å². The van der Waals surface area contributed by atoms with Crippen molar-refractivity contribution >= 4 is 17.3 Å². The molecule has 4 rings (SSSR count). The van der Waals surface area contributed by atoms with Crippen molar-refractivity contribution in [1.82, 2.24) is 9.80 Å². The van der Waals surface area contributed by atoms with Crippen molar-refractivity contribution in [2.45, 2.75) is 45.6 Å². The maximum Gasteiger partial charge on any atom is 0.167 e. The number of aliphatic hydroxyl groups is 2. The molecule has 0 amide bonds. The van der Waals surface area contributed by atoms with Gasteiger partial charge >= 0.3 is 0 Å². The van der Waals surface area contributed by atoms with Crippen molar-refractivity contribution in [2.24, 2.45) is 17.8 Å². The third-order valence-corrected chi connectivity index (χ3v) is 8.86. The van der Waals surface area contributed by atoms with E-state index in [9.17, 15) is 29.7 Å². The number of phenols is 1. The van der Waals surface area contributed by atoms with E-state index in [2.05, 4.69) is 22.9 Å². The summed E-state index contributed by atoms with van der Waals surface area (Å²) in [4.78, 5) is 42.5. The molecule has 2 aliphatic rings. The van der Waals surface area contributed by atoms with E-state index >= 15 is 0 Å². The minimum Gasteiger partial charge on any atom is -0.507 e. The van der Waals surface area contributed by atoms with Crippen LogP contribution in [0.3, 0.4) is 0 Å². The highest BCUT2D eigenvalue weighted by atomic mass is 16.5. The molecule has 1 heterocycles. The molecule has 0 bridgehead atoms. The first kappa shape index (κ1) is 31.8. The lowest BCUT2D eigenvalue weighted by Crippen LogP contribution is -2.43. The van der Waals surface area contributed by atoms with E-state index in [-0.39, 0.29) is 60.8 Å². The molecule has 1 aliphatic carbocycles. The molecule has 2 aromatic rings. The lowest BCUT2D eigenvalue weighted by atomic mass is 9.72. The van der Waals surface area contributed by atoms with Gasteiger partial charge in [0.15, 0.2) is 5.78 Å². The molecule has 228 valence electrons. The zero-order chi connectivity index (χ0) is 30.4. The quantitative estimate of drug-likeness (QED) is 0.306. The first-order valence-corrected chi connectivity index (χ1v) is 14.8. The Morgan fingerprint density at radius 2 is 1.81 bits per heavy atom. The predicted molar refractivity (Wildman–Crippen MR) is 160 cm³/mol. The molecule has 9 heteroatoms. The Balaban J connectivity index is 1.64. The zero-order valence-electron chi connectivity index (χ0n) is 25.0. The van der Waals surface area contributed by atoms with Crippen LogP contribution in [-0.4, -0.2) is 96.0 Å². The monoisotopic (exact) mass is 580 g/mol. The summed E-state index contributed by atoms with van der Waals surface area (Å²) in [6.07, 6.45) is 1.17. The molecule has 0 radical (unpaired) electrons. The van der Waals surface area contributed by atoms with Crippen molar-refractivity contribution in [1.29, 1.82) is 0 Å². The standard InChI is InChI=1S/C33H44N2O7/c1-21(38)14-30(40)28(20-37)24(8-13-36)15-22-16-27-26(5-6-29(39)33(27)31(41)17-22)23-4-7-32(42-3)25(18-23)19-35-11-9-34(2)10-12-35/h4-7,18,22,24,28,36-37,39H,8-17,19-20H2,1-3H3. The highest BCUT2D eigenvalue weighted by Crippen LogP contribution is 2.42. The molecule has 0 aromatic heterocycles. The molecular formula is C33H44N2O7. The van der Waals surface area contributed by atoms with Gasteiger partial charge in [0.25, 0.3) is 0 Å². The first-order valence-electron chi connectivity index (χ1n) is 14.8. The largest absolute Gasteiger partial charge is 0.507 e. The average molecular weight is 581 g/mol. The van der Waals surface area contributed by atoms with E-state index in [1.165, 1.54) is 6.92 Å². The Labute approximate surface area is 248 Å². The predicted octanol–water partition coefficient (Wildman–Crippen LogP) is 3.11. The lowest BCUT2D eigenvalue weighted by molar-refractivity contribution is -0.131. The van der Waals surface area contributed by atoms with Crippen LogP contribution in [0.4, 0.5) is 0 Å². The summed E-state index contributed by atoms with van der Waals surface area (Å²) in [5, 5.41) is 30.5. The SMILES string of the molecule is COc1ccc(-c2ccc(O)c3c2CC(CC(CCO)C(CO)C(=O)CC(C)=O)CC3=O)cc1CN1CCN(C)CC1. The van der Waals surface area contributed by atoms with Crippen LogP contribution >= 0.6 is 0 Å². The normalized spacial score (nSPS) is 19.3. The molecule has 3 N–H and O–H groups in total. The lowest BCUT2D eigenvalue weighted by Gasteiger charge is -2.33. The third-order valence-electron chi connectivity index (χ3n) is 8.86. The van der Waals surface area contributed by atoms with Gasteiger partial charge in [-0.15, -0.1) is 0 Å². The van der Waals surface area contributed by atoms with Crippen LogP contribution in [0.25, 0.3) is 11.1 Å². The number of aromatic hydroxyl groups is 1. The van der Waals surface area contributed by atoms with E-state index in [1.54, 1.807) is 13.2 Å². The number of ketones is 3. The smallest absolute Gasteiger partial charge is 0.167 e. The summed E-state index contributed by atoms with van der Waals surface area (Å²) < 4.78 is 5.69. The topological polar surface area (TPSA) is 128 Å². The van der Waals surface area contributed by atoms with Crippen molar-refractivity contribution in [3.63, 3.8) is 0 Å². The van der Waals surface area contributed by atoms with Gasteiger partial charge < -0.3 is 25.0 Å². The Morgan fingerprint density at radius 3 is 2.45 bits per heavy atom. The number of hydrogen-bond acceptors (Lipinski definition) is 9. The number of nitrogens with zero attached hydrogens (tertiary/aromatic N) is 2. The third kappa shape index (κ3) is 7.45. The fraction of sp³-hybridized carbons (Fsp3) is 0.545. The van der Waals surface area contributed by atoms with Gasteiger partial charge in [0.2, 0.25) is 0 Å². The molecule has 42 heavy (non-hydrogen) atoms. The number of likely N-dealkylation sites (N-methyl/N-ethyl adjacent to an activating group) is 1. The van der Waals surface area contributed by atoms with Crippen LogP contribution in [0.15, 0.2) is 30.3 Å². The maximum atomic E-state index is 13.4. The van der Waals surface area contributed by atoms with Crippen LogP contribution < -0.4 is 4.74 Å². The second-order valence-electron chi connectivity index (χ2n) is 11.9. The number of fused-ring (bicyclic) bond motifs is 1. The van der Waals surface area contributed by atoms with Crippen LogP contribution in [0.2, 0.25) is 0 Å². The summed E-state index contributed by atoms with van der Waals surface area (Å²) in [6, 6.07) is 9.46. The highest BCUT2D eigenvalue weighted by Gasteiger charge is 2.35. The average Bonchev–Trinajstić information content (AvgIpc) is 2.94. The van der Waals surface area contributed by atoms with Gasteiger partial charge in [-0.05, 0) is 80.0 Å². The van der Waals surface area contributed by atoms with Gasteiger partial charge in [0.05, 0.1) is 25.7 Å². The molecule has 3 unspecified atom stereocenters. The van der Waals surface area contributed by atoms with Gasteiger partial charge in [-0.2, -0.15) is 0 Å². The number of rotatable bonds is 13. The zero-order valence-corrected chi connectivity index (χ0v) is 25.0. The number of hydrogen-bond donors (Lipinski definition) is 3. The molecule has 1 fully saturated rings. The van der Waals surface area contributed by atoms with Gasteiger partial charge in [0.1, 0.15) is 23.1 Å². The molecule has 1 saturated heterocycles. The Morgan fingerprint density at radius 1 is 1.07 bits per heavy atom. The molecule has 0 spiro atoms.